The average molecular weight is 1770 g/mol. The summed E-state index contributed by atoms with van der Waals surface area (Å²) in [4.78, 5) is 136. The van der Waals surface area contributed by atoms with Gasteiger partial charge in [0.05, 0.1) is 48.7 Å². The zero-order valence-electron chi connectivity index (χ0n) is 70.0. The van der Waals surface area contributed by atoms with Gasteiger partial charge < -0.3 is 128 Å². The standard InChI is InChI=1S/C88H108Cl2N12O23/c1-8-11-40(9-2)20-22-120-62-33-47(15-19-61(62)121-23-21-94-10-3)95-87(118)98-67(106)36-56-82(114)100-71-44-28-64(79(125-86-78(111)77(110)76(109)66(38-91)124-86)65(29-44)123-60-18-14-43(27-54(60)90)75(108)74(85(117)96-56)102-81(113)55(93-6)24-39(4)5)122-59-17-13-41(26-53(59)89)58(105)37-68(107)97-72(84(116)101-73-51-31-45-30-46-32-52(73)88(45,46)51)50-34-48(103)35-63(119-7)69(50)49-25-42(12-16-57(49)104)70(80(92)112)99-83(71)115/h12-19,25-29,33-35,39-40,45-46,51-52,55-56,58,66,70-78,86,93-94,103-105,108-111H,8-11,20-24,30-32,36-38,91H2,1-7H3,(H2,92,112)(H,96,117)(H,97,107)(H,99,115)(H,100,114)(H,101,116)(H,102,113)(H2,95,98,106,118). The van der Waals surface area contributed by atoms with Crippen molar-refractivity contribution in [3.05, 3.63) is 135 Å². The lowest BCUT2D eigenvalue weighted by Gasteiger charge is -2.88. The number of phenolic OH excluding ortho intramolecular Hbond substituents is 2. The molecule has 1 spiro atoms. The summed E-state index contributed by atoms with van der Waals surface area (Å²) < 4.78 is 44.0. The van der Waals surface area contributed by atoms with Gasteiger partial charge >= 0.3 is 6.03 Å². The second-order valence-electron chi connectivity index (χ2n) is 33.3. The Morgan fingerprint density at radius 1 is 0.688 bits per heavy atom. The third-order valence-electron chi connectivity index (χ3n) is 25.0. The molecule has 9 bridgehead atoms. The van der Waals surface area contributed by atoms with Gasteiger partial charge in [0.2, 0.25) is 59.3 Å². The third kappa shape index (κ3) is 19.4. The first kappa shape index (κ1) is 91.9. The fourth-order valence-electron chi connectivity index (χ4n) is 18.6. The number of aliphatic hydroxyl groups excluding tert-OH is 5. The number of aliphatic hydroxyl groups is 5. The van der Waals surface area contributed by atoms with E-state index in [9.17, 15) is 59.7 Å². The van der Waals surface area contributed by atoms with Crippen LogP contribution in [0.4, 0.5) is 10.5 Å². The quantitative estimate of drug-likeness (QED) is 0.0261. The van der Waals surface area contributed by atoms with E-state index in [1.807, 2.05) is 20.8 Å². The summed E-state index contributed by atoms with van der Waals surface area (Å²) in [7, 11) is 2.71. The van der Waals surface area contributed by atoms with Gasteiger partial charge in [-0.05, 0) is 181 Å². The summed E-state index contributed by atoms with van der Waals surface area (Å²) in [6.45, 7) is 11.1. The molecule has 18 unspecified atom stereocenters. The molecule has 0 aromatic heterocycles. The maximum atomic E-state index is 16.3. The highest BCUT2D eigenvalue weighted by atomic mass is 35.5. The van der Waals surface area contributed by atoms with Crippen LogP contribution in [0.5, 0.6) is 57.5 Å². The molecule has 9 aliphatic rings. The molecule has 4 aliphatic carbocycles. The number of nitrogens with two attached hydrogens (primary N) is 2. The maximum absolute atomic E-state index is 16.3. The molecule has 6 aromatic rings. The van der Waals surface area contributed by atoms with E-state index in [0.717, 1.165) is 74.9 Å². The molecular weight excluding hydrogens is 1660 g/mol. The van der Waals surface area contributed by atoms with Crippen molar-refractivity contribution in [1.29, 1.82) is 0 Å². The maximum Gasteiger partial charge on any atom is 0.325 e. The summed E-state index contributed by atoms with van der Waals surface area (Å²) in [6, 6.07) is 6.69. The molecule has 1 saturated heterocycles. The number of amides is 10. The van der Waals surface area contributed by atoms with Gasteiger partial charge in [0.25, 0.3) is 0 Å². The van der Waals surface area contributed by atoms with E-state index in [2.05, 4.69) is 67.0 Å². The van der Waals surface area contributed by atoms with E-state index in [1.54, 1.807) is 6.07 Å². The van der Waals surface area contributed by atoms with Crippen molar-refractivity contribution in [3.8, 4) is 68.6 Å². The SMILES string of the molecule is CCCC(CC)CCOc1cc(NC(=O)NC(=O)CC2NC(=O)C(NC(=O)C(CC(C)C)NC)C(O)c3ccc(c(Cl)c3)Oc3cc4cc(c3OC3OC(CN)C(O)C(O)C3O)Oc3ccc(cc3Cl)C(O)CC(=O)NC(C(=O)NC3C5CC6CC7CC3C675)c3cc(O)cc(OC)c3-c3cc(ccc3O)C(C(N)=O)NC(=O)C4NC2=O)ccc1OCCNCC. The van der Waals surface area contributed by atoms with Gasteiger partial charge in [0.1, 0.15) is 96.1 Å². The number of phenols is 2. The zero-order chi connectivity index (χ0) is 89.7. The Labute approximate surface area is 730 Å². The first-order chi connectivity index (χ1) is 59.8. The second kappa shape index (κ2) is 39.4. The van der Waals surface area contributed by atoms with Crippen LogP contribution in [0.3, 0.4) is 0 Å². The molecule has 4 saturated carbocycles. The van der Waals surface area contributed by atoms with E-state index < -0.39 is 186 Å². The van der Waals surface area contributed by atoms with Crippen LogP contribution in [0, 0.1) is 40.9 Å². The number of urea groups is 1. The Kier molecular flexibility index (Phi) is 28.9. The van der Waals surface area contributed by atoms with Crippen LogP contribution < -0.4 is 93.1 Å². The second-order valence-corrected chi connectivity index (χ2v) is 34.1. The van der Waals surface area contributed by atoms with Crippen LogP contribution in [0.15, 0.2) is 97.1 Å². The molecular formula is C88H108Cl2N12O23. The molecule has 21 N–H and O–H groups in total. The minimum atomic E-state index is -2.35. The van der Waals surface area contributed by atoms with E-state index in [1.165, 1.54) is 68.8 Å². The number of benzene rings is 6. The van der Waals surface area contributed by atoms with Crippen LogP contribution in [0.1, 0.15) is 157 Å². The fourth-order valence-corrected chi connectivity index (χ4v) is 19.1. The van der Waals surface area contributed by atoms with Gasteiger partial charge in [-0.3, -0.25) is 43.7 Å². The molecule has 5 aliphatic heterocycles. The topological polar surface area (TPSA) is 532 Å². The van der Waals surface area contributed by atoms with Crippen molar-refractivity contribution >= 4 is 82.2 Å². The first-order valence-electron chi connectivity index (χ1n) is 42.1. The number of halogens is 2. The predicted octanol–water partition coefficient (Wildman–Crippen LogP) is 6.04. The molecule has 125 heavy (non-hydrogen) atoms. The number of fused-ring (bicyclic) bond motifs is 16. The number of carbonyl (C=O) groups excluding carboxylic acids is 9. The molecule has 37 heteroatoms. The minimum absolute atomic E-state index is 0.0167. The molecule has 6 aromatic carbocycles. The normalized spacial score (nSPS) is 27.1. The van der Waals surface area contributed by atoms with Gasteiger partial charge in [-0.25, -0.2) is 4.79 Å². The third-order valence-corrected chi connectivity index (χ3v) is 25.6. The number of hydrogen-bond donors (Lipinski definition) is 19. The van der Waals surface area contributed by atoms with Crippen LogP contribution >= 0.6 is 23.2 Å². The highest BCUT2D eigenvalue weighted by molar-refractivity contribution is 6.32. The summed E-state index contributed by atoms with van der Waals surface area (Å²) in [6.07, 6.45) is -8.56. The molecule has 10 amide bonds. The monoisotopic (exact) mass is 1770 g/mol. The number of ether oxygens (including phenoxy) is 7. The molecule has 18 atom stereocenters. The summed E-state index contributed by atoms with van der Waals surface area (Å²) in [5.41, 5.74) is 11.1. The number of likely N-dealkylation sites (N-methyl/N-ethyl adjacent to an activating group) is 2. The number of imide groups is 1. The Morgan fingerprint density at radius 2 is 1.37 bits per heavy atom. The highest BCUT2D eigenvalue weighted by Gasteiger charge is 2.84. The van der Waals surface area contributed by atoms with Gasteiger partial charge in [-0.2, -0.15) is 0 Å². The minimum Gasteiger partial charge on any atom is -0.508 e. The Morgan fingerprint density at radius 3 is 2.00 bits per heavy atom. The number of rotatable bonds is 27. The highest BCUT2D eigenvalue weighted by Crippen LogP contribution is 2.87. The van der Waals surface area contributed by atoms with E-state index in [-0.39, 0.29) is 121 Å². The van der Waals surface area contributed by atoms with Gasteiger partial charge in [-0.1, -0.05) is 95.3 Å². The number of nitrogens with one attached hydrogen (secondary N) is 10. The molecule has 35 nitrogen and oxygen atoms in total. The fraction of sp³-hybridized carbons (Fsp3) is 0.489. The lowest BCUT2D eigenvalue weighted by atomic mass is 9.17. The van der Waals surface area contributed by atoms with Crippen molar-refractivity contribution in [3.63, 3.8) is 0 Å². The summed E-state index contributed by atoms with van der Waals surface area (Å²) >= 11 is 14.3. The Bertz CT molecular complexity index is 5040. The number of methoxy groups -OCH3 is 1. The lowest BCUT2D eigenvalue weighted by molar-refractivity contribution is -0.390. The molecule has 5 heterocycles. The van der Waals surface area contributed by atoms with Crippen molar-refractivity contribution in [2.24, 2.45) is 52.4 Å². The largest absolute Gasteiger partial charge is 0.508 e. The molecule has 672 valence electrons. The number of primary amides is 1. The van der Waals surface area contributed by atoms with Crippen LogP contribution in [0.2, 0.25) is 10.0 Å². The van der Waals surface area contributed by atoms with E-state index in [0.29, 0.717) is 43.0 Å². The zero-order valence-corrected chi connectivity index (χ0v) is 71.5. The predicted molar refractivity (Wildman–Crippen MR) is 453 cm³/mol. The smallest absolute Gasteiger partial charge is 0.325 e. The van der Waals surface area contributed by atoms with Crippen LogP contribution in [0.25, 0.3) is 11.1 Å². The van der Waals surface area contributed by atoms with Crippen molar-refractivity contribution in [2.75, 3.05) is 52.3 Å². The Balaban J connectivity index is 0.955. The molecule has 0 radical (unpaired) electrons. The summed E-state index contributed by atoms with van der Waals surface area (Å²) in [5, 5.41) is 109. The average Bonchev–Trinajstić information content (AvgIpc) is 0.620. The van der Waals surface area contributed by atoms with E-state index in [4.69, 9.17) is 67.8 Å². The lowest BCUT2D eigenvalue weighted by Crippen LogP contribution is -2.88. The van der Waals surface area contributed by atoms with Gasteiger partial charge in [0, 0.05) is 48.1 Å². The Hall–Kier alpha value is -10.8. The van der Waals surface area contributed by atoms with Gasteiger partial charge in [-0.15, -0.1) is 0 Å². The van der Waals surface area contributed by atoms with Crippen molar-refractivity contribution < 1.29 is 112 Å². The van der Waals surface area contributed by atoms with Crippen LogP contribution in [-0.2, 0) is 43.1 Å². The molecule has 5 fully saturated rings. The number of aromatic hydroxyl groups is 2. The number of hydrogen-bond acceptors (Lipinski definition) is 26. The number of anilines is 1. The summed E-state index contributed by atoms with van der Waals surface area (Å²) in [5.74, 6) is -10.8. The van der Waals surface area contributed by atoms with E-state index >= 15 is 19.2 Å². The van der Waals surface area contributed by atoms with Crippen molar-refractivity contribution in [1.82, 2.24) is 47.9 Å². The van der Waals surface area contributed by atoms with Gasteiger partial charge in [0.15, 0.2) is 23.0 Å². The molecule has 15 rings (SSSR count). The number of carbonyl (C=O) groups is 9. The van der Waals surface area contributed by atoms with Crippen molar-refractivity contribution in [2.45, 2.75) is 184 Å². The first-order valence-corrected chi connectivity index (χ1v) is 42.8. The van der Waals surface area contributed by atoms with Crippen LogP contribution in [-0.4, -0.2) is 191 Å².